The normalized spacial score (nSPS) is 31.8. The molecule has 3 amide bonds. The van der Waals surface area contributed by atoms with Crippen molar-refractivity contribution in [1.82, 2.24) is 4.90 Å². The van der Waals surface area contributed by atoms with E-state index in [0.29, 0.717) is 30.0 Å². The van der Waals surface area contributed by atoms with E-state index < -0.39 is 74.3 Å². The van der Waals surface area contributed by atoms with Crippen LogP contribution >= 0.6 is 0 Å². The number of carbonyl (C=O) groups is 3. The third kappa shape index (κ3) is 6.31. The van der Waals surface area contributed by atoms with Gasteiger partial charge in [-0.25, -0.2) is 0 Å². The van der Waals surface area contributed by atoms with Crippen molar-refractivity contribution in [2.45, 2.75) is 93.4 Å². The van der Waals surface area contributed by atoms with Crippen molar-refractivity contribution in [2.75, 3.05) is 24.4 Å². The molecule has 288 valence electrons. The Labute approximate surface area is 313 Å². The molecular weight excluding hydrogens is 715 g/mol. The first-order valence-corrected chi connectivity index (χ1v) is 21.2. The molecule has 10 atom stereocenters. The van der Waals surface area contributed by atoms with Crippen molar-refractivity contribution in [2.24, 2.45) is 5.92 Å². The molecule has 0 unspecified atom stereocenters. The third-order valence-electron chi connectivity index (χ3n) is 12.0. The number of rotatable bonds is 8. The molecule has 15 heteroatoms. The van der Waals surface area contributed by atoms with Gasteiger partial charge in [0.25, 0.3) is 11.8 Å². The Kier molecular flexibility index (Phi) is 10.2. The number of aliphatic hydroxyl groups excluding tert-OH is 5. The van der Waals surface area contributed by atoms with Crippen molar-refractivity contribution in [3.05, 3.63) is 83.4 Å². The summed E-state index contributed by atoms with van der Waals surface area (Å²) in [7, 11) is -1.00. The number of methoxy groups -OCH3 is 1. The highest BCUT2D eigenvalue weighted by Gasteiger charge is 2.65. The number of hydrogen-bond acceptors (Lipinski definition) is 11. The molecule has 3 aromatic carbocycles. The third-order valence-corrected chi connectivity index (χ3v) is 16.3. The highest BCUT2D eigenvalue weighted by atomic mass is 28.3. The Morgan fingerprint density at radius 3 is 2.39 bits per heavy atom. The smallest absolute Gasteiger partial charge is 0.261 e. The van der Waals surface area contributed by atoms with Crippen LogP contribution in [0.5, 0.6) is 5.75 Å². The van der Waals surface area contributed by atoms with Gasteiger partial charge < -0.3 is 55.3 Å². The summed E-state index contributed by atoms with van der Waals surface area (Å²) >= 11 is 0. The van der Waals surface area contributed by atoms with Crippen LogP contribution in [0.1, 0.15) is 30.0 Å². The van der Waals surface area contributed by atoms with Crippen LogP contribution in [0, 0.1) is 5.92 Å². The molecule has 54 heavy (non-hydrogen) atoms. The van der Waals surface area contributed by atoms with Gasteiger partial charge in [-0.05, 0) is 53.4 Å². The van der Waals surface area contributed by atoms with Gasteiger partial charge >= 0.3 is 0 Å². The number of ether oxygens (including phenoxy) is 3. The van der Waals surface area contributed by atoms with E-state index in [4.69, 9.17) is 14.2 Å². The number of carbonyl (C=O) groups excluding carboxylic acids is 3. The van der Waals surface area contributed by atoms with Crippen LogP contribution < -0.4 is 20.6 Å². The van der Waals surface area contributed by atoms with Gasteiger partial charge in [-0.1, -0.05) is 61.6 Å². The van der Waals surface area contributed by atoms with Gasteiger partial charge in [-0.15, -0.1) is 0 Å². The molecule has 0 aliphatic carbocycles. The number of anilines is 2. The van der Waals surface area contributed by atoms with Crippen molar-refractivity contribution in [1.29, 1.82) is 0 Å². The standard InChI is InChI=1S/C39H47N3O11Si/c1-20-35(54(3,4)26-12-10-25(51-2)11-13-26)29(17-30(44)42-18-22-8-6-5-7-21(22)15-24(42)19-43)53-39(20)27-16-23(9-14-28(27)41-38(39)50)40-36(48)34-32(46)31(45)33(47)37(49)52-34/h5-14,16,20,24,29,31-35,37,43,45-47,49H,15,17-19H2,1-4H3,(H,40,48)(H,41,50)/t20-,24-,29+,31-,32-,33+,34-,35-,37+,39+/m0/s1. The fraction of sp³-hybridized carbons (Fsp3) is 0.462. The van der Waals surface area contributed by atoms with E-state index in [0.717, 1.165) is 16.3 Å². The summed E-state index contributed by atoms with van der Waals surface area (Å²) in [6, 6.07) is 20.1. The molecule has 4 aliphatic heterocycles. The lowest BCUT2D eigenvalue weighted by Gasteiger charge is -2.39. The second kappa shape index (κ2) is 14.5. The van der Waals surface area contributed by atoms with Crippen LogP contribution in [0.4, 0.5) is 11.4 Å². The second-order valence-corrected chi connectivity index (χ2v) is 20.0. The van der Waals surface area contributed by atoms with Gasteiger partial charge in [0.2, 0.25) is 5.91 Å². The SMILES string of the molecule is COc1ccc([Si](C)(C)[C@@H]2[C@@H](CC(=O)N3Cc4ccccc4C[C@H]3CO)O[C@]3(C(=O)Nc4ccc(NC(=O)[C@H]5O[C@@H](O)[C@H](O)[C@@H](O)[C@@H]5O)cc43)[C@H]2C)cc1. The Morgan fingerprint density at radius 1 is 1.00 bits per heavy atom. The predicted molar refractivity (Wildman–Crippen MR) is 198 cm³/mol. The number of nitrogens with one attached hydrogen (secondary N) is 2. The first-order chi connectivity index (χ1) is 25.7. The topological polar surface area (TPSA) is 207 Å². The summed E-state index contributed by atoms with van der Waals surface area (Å²) in [6.45, 7) is 6.50. The summed E-state index contributed by atoms with van der Waals surface area (Å²) in [4.78, 5) is 43.6. The van der Waals surface area contributed by atoms with E-state index in [1.807, 2.05) is 55.5 Å². The molecule has 1 spiro atoms. The fourth-order valence-corrected chi connectivity index (χ4v) is 13.0. The minimum absolute atomic E-state index is 0.0333. The van der Waals surface area contributed by atoms with Crippen molar-refractivity contribution in [3.8, 4) is 5.75 Å². The highest BCUT2D eigenvalue weighted by Crippen LogP contribution is 2.59. The molecule has 3 aromatic rings. The van der Waals surface area contributed by atoms with Crippen molar-refractivity contribution >= 4 is 42.4 Å². The Bertz CT molecular complexity index is 1930. The summed E-state index contributed by atoms with van der Waals surface area (Å²) in [6.07, 6.45) is -9.29. The Morgan fingerprint density at radius 2 is 1.70 bits per heavy atom. The number of hydrogen-bond donors (Lipinski definition) is 7. The molecule has 4 aliphatic rings. The largest absolute Gasteiger partial charge is 0.497 e. The van der Waals surface area contributed by atoms with Gasteiger partial charge in [0.1, 0.15) is 24.1 Å². The molecule has 0 bridgehead atoms. The maximum absolute atomic E-state index is 14.4. The Balaban J connectivity index is 1.23. The summed E-state index contributed by atoms with van der Waals surface area (Å²) in [5.74, 6) is -1.25. The van der Waals surface area contributed by atoms with Crippen LogP contribution in [-0.2, 0) is 42.4 Å². The maximum atomic E-state index is 14.4. The molecule has 14 nitrogen and oxygen atoms in total. The van der Waals surface area contributed by atoms with E-state index in [1.165, 1.54) is 0 Å². The van der Waals surface area contributed by atoms with E-state index in [1.54, 1.807) is 30.2 Å². The zero-order valence-electron chi connectivity index (χ0n) is 30.5. The number of fused-ring (bicyclic) bond motifs is 3. The van der Waals surface area contributed by atoms with Crippen LogP contribution in [0.25, 0.3) is 0 Å². The van der Waals surface area contributed by atoms with Gasteiger partial charge in [0.05, 0.1) is 40.4 Å². The zero-order chi connectivity index (χ0) is 38.7. The van der Waals surface area contributed by atoms with E-state index in [9.17, 15) is 39.9 Å². The first-order valence-electron chi connectivity index (χ1n) is 18.1. The van der Waals surface area contributed by atoms with E-state index in [2.05, 4.69) is 23.7 Å². The number of aliphatic hydroxyl groups is 5. The lowest BCUT2D eigenvalue weighted by Crippen LogP contribution is -2.60. The first kappa shape index (κ1) is 38.1. The number of nitrogens with zero attached hydrogens (tertiary/aromatic N) is 1. The summed E-state index contributed by atoms with van der Waals surface area (Å²) in [5, 5.41) is 57.5. The molecule has 0 radical (unpaired) electrons. The van der Waals surface area contributed by atoms with E-state index in [-0.39, 0.29) is 30.2 Å². The fourth-order valence-electron chi connectivity index (χ4n) is 9.03. The summed E-state index contributed by atoms with van der Waals surface area (Å²) < 4.78 is 17.5. The zero-order valence-corrected chi connectivity index (χ0v) is 31.5. The molecule has 4 heterocycles. The maximum Gasteiger partial charge on any atom is 0.261 e. The lowest BCUT2D eigenvalue weighted by molar-refractivity contribution is -0.274. The van der Waals surface area contributed by atoms with Crippen molar-refractivity contribution in [3.63, 3.8) is 0 Å². The van der Waals surface area contributed by atoms with Gasteiger partial charge in [0, 0.05) is 29.4 Å². The molecular formula is C39H47N3O11Si. The molecule has 7 rings (SSSR count). The van der Waals surface area contributed by atoms with Crippen LogP contribution in [0.2, 0.25) is 18.6 Å². The average Bonchev–Trinajstić information content (AvgIpc) is 3.62. The predicted octanol–water partition coefficient (Wildman–Crippen LogP) is 0.938. The van der Waals surface area contributed by atoms with Gasteiger partial charge in [-0.2, -0.15) is 0 Å². The molecule has 2 fully saturated rings. The molecule has 0 saturated carbocycles. The Hall–Kier alpha value is -4.19. The molecule has 7 N–H and O–H groups in total. The van der Waals surface area contributed by atoms with Crippen LogP contribution in [0.15, 0.2) is 66.7 Å². The second-order valence-electron chi connectivity index (χ2n) is 15.3. The van der Waals surface area contributed by atoms with Crippen LogP contribution in [0.3, 0.4) is 0 Å². The number of benzene rings is 3. The molecule has 0 aromatic heterocycles. The van der Waals surface area contributed by atoms with Gasteiger partial charge in [-0.3, -0.25) is 14.4 Å². The summed E-state index contributed by atoms with van der Waals surface area (Å²) in [5.41, 5.74) is 1.43. The minimum atomic E-state index is -2.60. The van der Waals surface area contributed by atoms with Crippen molar-refractivity contribution < 1.29 is 54.1 Å². The quantitative estimate of drug-likeness (QED) is 0.161. The average molecular weight is 762 g/mol. The monoisotopic (exact) mass is 761 g/mol. The minimum Gasteiger partial charge on any atom is -0.497 e. The van der Waals surface area contributed by atoms with Crippen LogP contribution in [-0.4, -0.2) is 113 Å². The molecule has 2 saturated heterocycles. The lowest BCUT2D eigenvalue weighted by atomic mass is 9.82. The highest BCUT2D eigenvalue weighted by molar-refractivity contribution is 6.91. The van der Waals surface area contributed by atoms with Gasteiger partial charge in [0.15, 0.2) is 18.0 Å². The van der Waals surface area contributed by atoms with E-state index >= 15 is 0 Å². The number of amides is 3.